The Morgan fingerprint density at radius 1 is 1.54 bits per heavy atom. The zero-order chi connectivity index (χ0) is 10.9. The van der Waals surface area contributed by atoms with Gasteiger partial charge in [-0.05, 0) is 12.8 Å². The summed E-state index contributed by atoms with van der Waals surface area (Å²) in [6, 6.07) is 0.975. The first-order valence-corrected chi connectivity index (χ1v) is 5.08. The molecular formula is C9H20NO2P. The van der Waals surface area contributed by atoms with Gasteiger partial charge in [0, 0.05) is 13.0 Å². The molecule has 0 aromatic carbocycles. The number of carbonyl (C=O) groups excluding carboxylic acids is 2. The molecule has 0 aromatic rings. The molecule has 0 bridgehead atoms. The Morgan fingerprint density at radius 2 is 1.92 bits per heavy atom. The van der Waals surface area contributed by atoms with Crippen molar-refractivity contribution in [1.29, 1.82) is 0 Å². The summed E-state index contributed by atoms with van der Waals surface area (Å²) in [7, 11) is 1.90. The zero-order valence-electron chi connectivity index (χ0n) is 8.83. The van der Waals surface area contributed by atoms with Crippen molar-refractivity contribution >= 4 is 21.2 Å². The van der Waals surface area contributed by atoms with E-state index in [1.807, 2.05) is 16.2 Å². The zero-order valence-corrected chi connectivity index (χ0v) is 9.99. The Morgan fingerprint density at radius 3 is 2.15 bits per heavy atom. The first-order chi connectivity index (χ1) is 5.99. The summed E-state index contributed by atoms with van der Waals surface area (Å²) >= 11 is 0. The molecule has 4 heteroatoms. The highest BCUT2D eigenvalue weighted by molar-refractivity contribution is 7.36. The second-order valence-electron chi connectivity index (χ2n) is 3.01. The number of nitrogens with one attached hydrogen (secondary N) is 1. The van der Waals surface area contributed by atoms with Crippen molar-refractivity contribution in [2.75, 3.05) is 0 Å². The third-order valence-electron chi connectivity index (χ3n) is 1.93. The number of hydrogen-bond donors (Lipinski definition) is 1. The van der Waals surface area contributed by atoms with Gasteiger partial charge in [-0.1, -0.05) is 29.5 Å². The lowest BCUT2D eigenvalue weighted by Crippen LogP contribution is -2.35. The molecule has 1 N–H and O–H groups in total. The van der Waals surface area contributed by atoms with Crippen molar-refractivity contribution in [2.45, 2.75) is 40.2 Å². The minimum absolute atomic E-state index is 0.0628. The third kappa shape index (κ3) is 11.6. The van der Waals surface area contributed by atoms with Gasteiger partial charge in [0.15, 0.2) is 0 Å². The van der Waals surface area contributed by atoms with Crippen LogP contribution in [0.2, 0.25) is 0 Å². The van der Waals surface area contributed by atoms with Gasteiger partial charge in [-0.25, -0.2) is 0 Å². The Balaban J connectivity index is 0. The molecule has 3 nitrogen and oxygen atoms in total. The van der Waals surface area contributed by atoms with Gasteiger partial charge in [-0.2, -0.15) is 0 Å². The van der Waals surface area contributed by atoms with E-state index in [0.717, 1.165) is 6.42 Å². The summed E-state index contributed by atoms with van der Waals surface area (Å²) in [6.07, 6.45) is 1.11. The van der Waals surface area contributed by atoms with E-state index in [1.165, 1.54) is 0 Å². The standard InChI is InChI=1S/C8H17NO.CH3OP/c1-5-6(2)7(3)9-8(4)10;2-1-3/h6-7H,5H2,1-4H3,(H,9,10);1H,3H2/t6-,7?;/m0./s1. The molecule has 78 valence electrons. The van der Waals surface area contributed by atoms with Crippen molar-refractivity contribution in [3.63, 3.8) is 0 Å². The molecule has 1 amide bonds. The maximum absolute atomic E-state index is 10.6. The molecule has 0 spiro atoms. The Bertz CT molecular complexity index is 151. The predicted octanol–water partition coefficient (Wildman–Crippen LogP) is 1.61. The van der Waals surface area contributed by atoms with Gasteiger partial charge in [-0.15, -0.1) is 0 Å². The van der Waals surface area contributed by atoms with E-state index >= 15 is 0 Å². The van der Waals surface area contributed by atoms with Gasteiger partial charge in [-0.3, -0.25) is 9.59 Å². The molecule has 2 unspecified atom stereocenters. The summed E-state index contributed by atoms with van der Waals surface area (Å²) in [5.74, 6) is 0.636. The summed E-state index contributed by atoms with van der Waals surface area (Å²) in [4.78, 5) is 19.3. The molecule has 0 aromatic heterocycles. The highest BCUT2D eigenvalue weighted by Gasteiger charge is 2.09. The van der Waals surface area contributed by atoms with Crippen LogP contribution in [-0.4, -0.2) is 18.0 Å². The van der Waals surface area contributed by atoms with Crippen LogP contribution in [0.15, 0.2) is 0 Å². The van der Waals surface area contributed by atoms with Crippen molar-refractivity contribution in [3.8, 4) is 0 Å². The third-order valence-corrected chi connectivity index (χ3v) is 1.93. The van der Waals surface area contributed by atoms with Gasteiger partial charge < -0.3 is 5.32 Å². The van der Waals surface area contributed by atoms with Crippen LogP contribution in [0.3, 0.4) is 0 Å². The summed E-state index contributed by atoms with van der Waals surface area (Å²) in [5.41, 5.74) is 0. The molecule has 0 heterocycles. The van der Waals surface area contributed by atoms with Crippen LogP contribution in [0.5, 0.6) is 0 Å². The molecule has 0 aliphatic heterocycles. The number of amides is 1. The molecule has 13 heavy (non-hydrogen) atoms. The molecule has 0 saturated heterocycles. The molecule has 0 saturated carbocycles. The van der Waals surface area contributed by atoms with Crippen LogP contribution < -0.4 is 5.32 Å². The first-order valence-electron chi connectivity index (χ1n) is 4.42. The maximum Gasteiger partial charge on any atom is 0.217 e. The summed E-state index contributed by atoms with van der Waals surface area (Å²) in [6.45, 7) is 7.86. The van der Waals surface area contributed by atoms with E-state index in [1.54, 1.807) is 6.92 Å². The average molecular weight is 205 g/mol. The van der Waals surface area contributed by atoms with Crippen LogP contribution in [0, 0.1) is 5.92 Å². The quantitative estimate of drug-likeness (QED) is 0.562. The van der Waals surface area contributed by atoms with E-state index in [2.05, 4.69) is 19.2 Å². The average Bonchev–Trinajstić information content (AvgIpc) is 2.03. The summed E-state index contributed by atoms with van der Waals surface area (Å²) < 4.78 is 0. The van der Waals surface area contributed by atoms with Gasteiger partial charge >= 0.3 is 0 Å². The van der Waals surface area contributed by atoms with E-state index in [4.69, 9.17) is 4.79 Å². The Kier molecular flexibility index (Phi) is 11.2. The molecule has 0 aliphatic rings. The molecule has 0 fully saturated rings. The van der Waals surface area contributed by atoms with Crippen LogP contribution in [0.1, 0.15) is 34.1 Å². The van der Waals surface area contributed by atoms with Crippen LogP contribution in [-0.2, 0) is 9.59 Å². The van der Waals surface area contributed by atoms with E-state index < -0.39 is 0 Å². The lowest BCUT2D eigenvalue weighted by atomic mass is 10.0. The number of hydrogen-bond acceptors (Lipinski definition) is 2. The van der Waals surface area contributed by atoms with Gasteiger partial charge in [0.05, 0.1) is 0 Å². The second kappa shape index (κ2) is 9.66. The van der Waals surface area contributed by atoms with E-state index in [-0.39, 0.29) is 5.91 Å². The fraction of sp³-hybridized carbons (Fsp3) is 0.778. The molecule has 0 radical (unpaired) electrons. The number of rotatable bonds is 3. The Labute approximate surface area is 82.9 Å². The Hall–Kier alpha value is -0.430. The second-order valence-corrected chi connectivity index (χ2v) is 3.28. The van der Waals surface area contributed by atoms with E-state index in [0.29, 0.717) is 18.0 Å². The van der Waals surface area contributed by atoms with Crippen LogP contribution >= 0.6 is 9.24 Å². The van der Waals surface area contributed by atoms with E-state index in [9.17, 15) is 4.79 Å². The first kappa shape index (κ1) is 15.1. The maximum atomic E-state index is 10.6. The van der Waals surface area contributed by atoms with Crippen LogP contribution in [0.4, 0.5) is 0 Å². The lowest BCUT2D eigenvalue weighted by molar-refractivity contribution is -0.119. The highest BCUT2D eigenvalue weighted by atomic mass is 31.0. The minimum atomic E-state index is 0.0628. The number of carbonyl (C=O) groups is 2. The lowest BCUT2D eigenvalue weighted by Gasteiger charge is -2.18. The SMILES string of the molecule is CC[C@H](C)C(C)NC(C)=O.O=CP. The van der Waals surface area contributed by atoms with Crippen molar-refractivity contribution < 1.29 is 9.59 Å². The van der Waals surface area contributed by atoms with Crippen LogP contribution in [0.25, 0.3) is 0 Å². The molecular weight excluding hydrogens is 185 g/mol. The van der Waals surface area contributed by atoms with Crippen molar-refractivity contribution in [1.82, 2.24) is 5.32 Å². The highest BCUT2D eigenvalue weighted by Crippen LogP contribution is 2.05. The monoisotopic (exact) mass is 205 g/mol. The van der Waals surface area contributed by atoms with Crippen molar-refractivity contribution in [2.24, 2.45) is 5.92 Å². The normalized spacial score (nSPS) is 13.3. The molecule has 0 aliphatic carbocycles. The predicted molar refractivity (Wildman–Crippen MR) is 59.2 cm³/mol. The topological polar surface area (TPSA) is 46.2 Å². The minimum Gasteiger partial charge on any atom is -0.354 e. The largest absolute Gasteiger partial charge is 0.354 e. The molecule has 0 rings (SSSR count). The molecule has 3 atom stereocenters. The van der Waals surface area contributed by atoms with Gasteiger partial charge in [0.25, 0.3) is 0 Å². The summed E-state index contributed by atoms with van der Waals surface area (Å²) in [5, 5.41) is 2.85. The van der Waals surface area contributed by atoms with Crippen molar-refractivity contribution in [3.05, 3.63) is 0 Å². The smallest absolute Gasteiger partial charge is 0.217 e. The fourth-order valence-corrected chi connectivity index (χ4v) is 0.816. The fourth-order valence-electron chi connectivity index (χ4n) is 0.816. The van der Waals surface area contributed by atoms with Gasteiger partial charge in [0.1, 0.15) is 6.03 Å². The van der Waals surface area contributed by atoms with Gasteiger partial charge in [0.2, 0.25) is 5.91 Å².